The summed E-state index contributed by atoms with van der Waals surface area (Å²) in [5.74, 6) is 0. The molecule has 0 N–H and O–H groups in total. The number of non-ortho nitro benzene ring substituents is 1. The van der Waals surface area contributed by atoms with E-state index in [9.17, 15) is 14.9 Å². The normalized spacial score (nSPS) is 10.6. The van der Waals surface area contributed by atoms with Crippen molar-refractivity contribution in [2.24, 2.45) is 0 Å². The molecule has 0 aliphatic heterocycles. The van der Waals surface area contributed by atoms with E-state index in [1.165, 1.54) is 18.2 Å². The predicted octanol–water partition coefficient (Wildman–Crippen LogP) is 3.37. The Bertz CT molecular complexity index is 850. The summed E-state index contributed by atoms with van der Waals surface area (Å²) >= 11 is 0. The number of nitrogens with zero attached hydrogens (tertiary/aromatic N) is 1. The molecule has 0 saturated heterocycles. The molecule has 1 heterocycles. The lowest BCUT2D eigenvalue weighted by Gasteiger charge is -2.05. The van der Waals surface area contributed by atoms with Crippen LogP contribution in [0, 0.1) is 10.1 Å². The fourth-order valence-corrected chi connectivity index (χ4v) is 2.11. The number of fused-ring (bicyclic) bond motifs is 1. The molecule has 5 nitrogen and oxygen atoms in total. The van der Waals surface area contributed by atoms with Crippen LogP contribution in [0.3, 0.4) is 0 Å². The van der Waals surface area contributed by atoms with Crippen molar-refractivity contribution in [3.8, 4) is 11.1 Å². The summed E-state index contributed by atoms with van der Waals surface area (Å²) in [4.78, 5) is 21.8. The van der Waals surface area contributed by atoms with Crippen molar-refractivity contribution >= 4 is 16.7 Å². The average molecular weight is 267 g/mol. The highest BCUT2D eigenvalue weighted by Crippen LogP contribution is 2.28. The number of rotatable bonds is 2. The summed E-state index contributed by atoms with van der Waals surface area (Å²) in [6.45, 7) is 0. The summed E-state index contributed by atoms with van der Waals surface area (Å²) in [5, 5.41) is 11.4. The highest BCUT2D eigenvalue weighted by atomic mass is 16.6. The van der Waals surface area contributed by atoms with E-state index in [2.05, 4.69) is 0 Å². The van der Waals surface area contributed by atoms with Crippen LogP contribution in [-0.4, -0.2) is 4.92 Å². The van der Waals surface area contributed by atoms with Crippen LogP contribution in [0.15, 0.2) is 63.8 Å². The largest absolute Gasteiger partial charge is 0.423 e. The molecule has 0 spiro atoms. The number of nitro benzene ring substituents is 1. The third-order valence-electron chi connectivity index (χ3n) is 3.04. The molecule has 5 heteroatoms. The van der Waals surface area contributed by atoms with Crippen LogP contribution in [0.4, 0.5) is 5.69 Å². The van der Waals surface area contributed by atoms with E-state index in [0.717, 1.165) is 10.9 Å². The van der Waals surface area contributed by atoms with Crippen molar-refractivity contribution < 1.29 is 9.34 Å². The second-order valence-electron chi connectivity index (χ2n) is 4.28. The Morgan fingerprint density at radius 2 is 1.70 bits per heavy atom. The Kier molecular flexibility index (Phi) is 2.80. The van der Waals surface area contributed by atoms with E-state index in [4.69, 9.17) is 4.42 Å². The van der Waals surface area contributed by atoms with Crippen molar-refractivity contribution in [1.82, 2.24) is 0 Å². The highest BCUT2D eigenvalue weighted by molar-refractivity contribution is 5.93. The van der Waals surface area contributed by atoms with Crippen LogP contribution < -0.4 is 5.63 Å². The summed E-state index contributed by atoms with van der Waals surface area (Å²) in [6.07, 6.45) is 0. The van der Waals surface area contributed by atoms with Crippen molar-refractivity contribution in [3.63, 3.8) is 0 Å². The Balaban J connectivity index is 2.23. The van der Waals surface area contributed by atoms with Crippen LogP contribution in [0.5, 0.6) is 0 Å². The molecular weight excluding hydrogens is 258 g/mol. The number of hydrogen-bond donors (Lipinski definition) is 0. The highest BCUT2D eigenvalue weighted by Gasteiger charge is 2.09. The Morgan fingerprint density at radius 1 is 1.00 bits per heavy atom. The minimum atomic E-state index is -0.457. The molecule has 0 atom stereocenters. The molecule has 0 aliphatic carbocycles. The number of hydrogen-bond acceptors (Lipinski definition) is 4. The SMILES string of the molecule is O=c1cc(-c2ccc([N+](=O)[O-])cc2)c2ccccc2o1. The van der Waals surface area contributed by atoms with Gasteiger partial charge in [0.25, 0.3) is 5.69 Å². The van der Waals surface area contributed by atoms with Crippen LogP contribution in [-0.2, 0) is 0 Å². The first kappa shape index (κ1) is 12.1. The zero-order chi connectivity index (χ0) is 14.1. The van der Waals surface area contributed by atoms with Gasteiger partial charge in [0.1, 0.15) is 5.58 Å². The monoisotopic (exact) mass is 267 g/mol. The second-order valence-corrected chi connectivity index (χ2v) is 4.28. The van der Waals surface area contributed by atoms with E-state index >= 15 is 0 Å². The molecule has 98 valence electrons. The molecule has 0 bridgehead atoms. The Hall–Kier alpha value is -2.95. The summed E-state index contributed by atoms with van der Waals surface area (Å²) in [5.41, 5.74) is 1.50. The van der Waals surface area contributed by atoms with Gasteiger partial charge in [-0.2, -0.15) is 0 Å². The first-order chi connectivity index (χ1) is 9.65. The third-order valence-corrected chi connectivity index (χ3v) is 3.04. The molecular formula is C15H9NO4. The maximum Gasteiger partial charge on any atom is 0.336 e. The van der Waals surface area contributed by atoms with Gasteiger partial charge in [-0.15, -0.1) is 0 Å². The third kappa shape index (κ3) is 2.05. The lowest BCUT2D eigenvalue weighted by atomic mass is 10.0. The van der Waals surface area contributed by atoms with Crippen LogP contribution >= 0.6 is 0 Å². The standard InChI is InChI=1S/C15H9NO4/c17-15-9-13(12-3-1-2-4-14(12)20-15)10-5-7-11(8-6-10)16(18)19/h1-9H. The zero-order valence-electron chi connectivity index (χ0n) is 10.3. The van der Waals surface area contributed by atoms with Crippen molar-refractivity contribution in [2.45, 2.75) is 0 Å². The Morgan fingerprint density at radius 3 is 2.40 bits per heavy atom. The average Bonchev–Trinajstić information content (AvgIpc) is 2.46. The molecule has 0 saturated carbocycles. The van der Waals surface area contributed by atoms with Gasteiger partial charge in [-0.05, 0) is 29.3 Å². The molecule has 3 rings (SSSR count). The van der Waals surface area contributed by atoms with Crippen LogP contribution in [0.2, 0.25) is 0 Å². The van der Waals surface area contributed by atoms with Crippen molar-refractivity contribution in [2.75, 3.05) is 0 Å². The van der Waals surface area contributed by atoms with Crippen molar-refractivity contribution in [3.05, 3.63) is 75.1 Å². The molecule has 20 heavy (non-hydrogen) atoms. The minimum Gasteiger partial charge on any atom is -0.423 e. The van der Waals surface area contributed by atoms with E-state index < -0.39 is 10.5 Å². The summed E-state index contributed by atoms with van der Waals surface area (Å²) in [7, 11) is 0. The maximum atomic E-state index is 11.6. The number of para-hydroxylation sites is 1. The first-order valence-corrected chi connectivity index (χ1v) is 5.93. The molecule has 0 fully saturated rings. The van der Waals surface area contributed by atoms with Crippen molar-refractivity contribution in [1.29, 1.82) is 0 Å². The lowest BCUT2D eigenvalue weighted by molar-refractivity contribution is -0.384. The first-order valence-electron chi connectivity index (χ1n) is 5.93. The zero-order valence-corrected chi connectivity index (χ0v) is 10.3. The van der Waals surface area contributed by atoms with Gasteiger partial charge in [0.15, 0.2) is 0 Å². The minimum absolute atomic E-state index is 0.0148. The molecule has 3 aromatic rings. The van der Waals surface area contributed by atoms with Crippen LogP contribution in [0.1, 0.15) is 0 Å². The Labute approximate surface area is 113 Å². The molecule has 1 aromatic heterocycles. The van der Waals surface area contributed by atoms with Gasteiger partial charge in [-0.3, -0.25) is 10.1 Å². The van der Waals surface area contributed by atoms with E-state index in [1.807, 2.05) is 12.1 Å². The quantitative estimate of drug-likeness (QED) is 0.405. The number of nitro groups is 1. The van der Waals surface area contributed by atoms with E-state index in [1.54, 1.807) is 24.3 Å². The van der Waals surface area contributed by atoms with Gasteiger partial charge in [-0.25, -0.2) is 4.79 Å². The smallest absolute Gasteiger partial charge is 0.336 e. The lowest BCUT2D eigenvalue weighted by Crippen LogP contribution is -1.98. The van der Waals surface area contributed by atoms with E-state index in [0.29, 0.717) is 11.1 Å². The van der Waals surface area contributed by atoms with Gasteiger partial charge in [0.05, 0.1) is 4.92 Å². The fourth-order valence-electron chi connectivity index (χ4n) is 2.11. The van der Waals surface area contributed by atoms with Crippen LogP contribution in [0.25, 0.3) is 22.1 Å². The van der Waals surface area contributed by atoms with Gasteiger partial charge >= 0.3 is 5.63 Å². The van der Waals surface area contributed by atoms with Gasteiger partial charge in [0, 0.05) is 23.6 Å². The fraction of sp³-hybridized carbons (Fsp3) is 0. The second kappa shape index (κ2) is 4.62. The topological polar surface area (TPSA) is 73.3 Å². The predicted molar refractivity (Wildman–Crippen MR) is 74.6 cm³/mol. The van der Waals surface area contributed by atoms with E-state index in [-0.39, 0.29) is 5.69 Å². The maximum absolute atomic E-state index is 11.6. The molecule has 0 aliphatic rings. The molecule has 0 amide bonds. The van der Waals surface area contributed by atoms with Gasteiger partial charge in [-0.1, -0.05) is 18.2 Å². The van der Waals surface area contributed by atoms with Gasteiger partial charge < -0.3 is 4.42 Å². The molecule has 0 radical (unpaired) electrons. The summed E-state index contributed by atoms with van der Waals surface area (Å²) in [6, 6.07) is 14.7. The molecule has 2 aromatic carbocycles. The summed E-state index contributed by atoms with van der Waals surface area (Å²) < 4.78 is 5.12. The number of benzene rings is 2. The van der Waals surface area contributed by atoms with Gasteiger partial charge in [0.2, 0.25) is 0 Å². The molecule has 0 unspecified atom stereocenters.